The van der Waals surface area contributed by atoms with Gasteiger partial charge >= 0.3 is 18.2 Å². The lowest BCUT2D eigenvalue weighted by molar-refractivity contribution is -0.139. The molecule has 3 N–H and O–H groups in total. The van der Waals surface area contributed by atoms with Gasteiger partial charge in [-0.3, -0.25) is 0 Å². The van der Waals surface area contributed by atoms with Crippen molar-refractivity contribution in [2.24, 2.45) is 0 Å². The van der Waals surface area contributed by atoms with Gasteiger partial charge in [-0.25, -0.2) is 14.4 Å². The summed E-state index contributed by atoms with van der Waals surface area (Å²) in [5.74, 6) is -1.22. The average molecular weight is 352 g/mol. The second kappa shape index (κ2) is 9.51. The van der Waals surface area contributed by atoms with E-state index in [1.54, 1.807) is 20.8 Å². The summed E-state index contributed by atoms with van der Waals surface area (Å²) < 4.78 is 10.0. The average Bonchev–Trinajstić information content (AvgIpc) is 2.51. The van der Waals surface area contributed by atoms with Crippen LogP contribution in [0.3, 0.4) is 0 Å². The van der Waals surface area contributed by atoms with Crippen molar-refractivity contribution in [3.63, 3.8) is 0 Å². The molecule has 0 aromatic heterocycles. The van der Waals surface area contributed by atoms with Crippen LogP contribution in [0.5, 0.6) is 0 Å². The fourth-order valence-electron chi connectivity index (χ4n) is 1.80. The highest BCUT2D eigenvalue weighted by molar-refractivity contribution is 5.80. The third-order valence-electron chi connectivity index (χ3n) is 2.90. The first-order chi connectivity index (χ1) is 11.7. The van der Waals surface area contributed by atoms with Crippen molar-refractivity contribution in [3.05, 3.63) is 35.9 Å². The van der Waals surface area contributed by atoms with Gasteiger partial charge in [-0.1, -0.05) is 30.3 Å². The first kappa shape index (κ1) is 20.3. The molecule has 0 radical (unpaired) electrons. The van der Waals surface area contributed by atoms with Crippen LogP contribution in [0, 0.1) is 0 Å². The molecule has 1 atom stereocenters. The van der Waals surface area contributed by atoms with Crippen molar-refractivity contribution in [3.8, 4) is 0 Å². The Kier molecular flexibility index (Phi) is 7.71. The minimum Gasteiger partial charge on any atom is -0.480 e. The Bertz CT molecular complexity index is 583. The maximum atomic E-state index is 11.6. The zero-order chi connectivity index (χ0) is 18.9. The summed E-state index contributed by atoms with van der Waals surface area (Å²) in [5, 5.41) is 13.8. The van der Waals surface area contributed by atoms with Gasteiger partial charge in [0, 0.05) is 6.54 Å². The molecule has 0 bridgehead atoms. The highest BCUT2D eigenvalue weighted by Gasteiger charge is 2.23. The number of hydrogen-bond donors (Lipinski definition) is 3. The lowest BCUT2D eigenvalue weighted by Gasteiger charge is -2.22. The molecule has 25 heavy (non-hydrogen) atoms. The first-order valence-corrected chi connectivity index (χ1v) is 7.84. The highest BCUT2D eigenvalue weighted by atomic mass is 16.6. The lowest BCUT2D eigenvalue weighted by atomic mass is 10.2. The van der Waals surface area contributed by atoms with E-state index in [9.17, 15) is 14.4 Å². The Morgan fingerprint density at radius 1 is 1.12 bits per heavy atom. The Balaban J connectivity index is 2.33. The van der Waals surface area contributed by atoms with Crippen molar-refractivity contribution < 1.29 is 29.0 Å². The Morgan fingerprint density at radius 3 is 2.32 bits per heavy atom. The van der Waals surface area contributed by atoms with E-state index in [0.717, 1.165) is 5.56 Å². The molecule has 2 amide bonds. The Labute approximate surface area is 146 Å². The Morgan fingerprint density at radius 2 is 1.76 bits per heavy atom. The van der Waals surface area contributed by atoms with Crippen molar-refractivity contribution in [1.82, 2.24) is 10.6 Å². The van der Waals surface area contributed by atoms with Crippen LogP contribution in [0.15, 0.2) is 30.3 Å². The highest BCUT2D eigenvalue weighted by Crippen LogP contribution is 2.07. The predicted molar refractivity (Wildman–Crippen MR) is 90.0 cm³/mol. The third-order valence-corrected chi connectivity index (χ3v) is 2.90. The number of rotatable bonds is 7. The van der Waals surface area contributed by atoms with Crippen LogP contribution in [0.25, 0.3) is 0 Å². The standard InChI is InChI=1S/C17H24N2O6/c1-17(2,3)25-16(23)19-13(14(20)21)9-10-18-15(22)24-11-12-7-5-4-6-8-12/h4-8,13H,9-11H2,1-3H3,(H,18,22)(H,19,23)(H,20,21)/t13-/m0/s1. The molecule has 1 aromatic rings. The number of amides is 2. The van der Waals surface area contributed by atoms with Gasteiger partial charge in [-0.05, 0) is 32.8 Å². The fraction of sp³-hybridized carbons (Fsp3) is 0.471. The topological polar surface area (TPSA) is 114 Å². The van der Waals surface area contributed by atoms with E-state index in [0.29, 0.717) is 0 Å². The molecule has 0 saturated heterocycles. The molecule has 0 aliphatic heterocycles. The molecule has 138 valence electrons. The summed E-state index contributed by atoms with van der Waals surface area (Å²) in [6.45, 7) is 5.16. The minimum absolute atomic E-state index is 0.00495. The van der Waals surface area contributed by atoms with Crippen molar-refractivity contribution in [1.29, 1.82) is 0 Å². The number of ether oxygens (including phenoxy) is 2. The van der Waals surface area contributed by atoms with Gasteiger partial charge in [0.2, 0.25) is 0 Å². The molecule has 8 heteroatoms. The maximum Gasteiger partial charge on any atom is 0.408 e. The van der Waals surface area contributed by atoms with Crippen LogP contribution < -0.4 is 10.6 Å². The number of benzene rings is 1. The third kappa shape index (κ3) is 9.19. The van der Waals surface area contributed by atoms with Crippen LogP contribution in [0.1, 0.15) is 32.8 Å². The first-order valence-electron chi connectivity index (χ1n) is 7.84. The number of carbonyl (C=O) groups excluding carboxylic acids is 2. The van der Waals surface area contributed by atoms with Gasteiger partial charge in [0.1, 0.15) is 18.2 Å². The summed E-state index contributed by atoms with van der Waals surface area (Å²) in [6.07, 6.45) is -1.49. The van der Waals surface area contributed by atoms with E-state index in [1.807, 2.05) is 30.3 Å². The molecule has 0 aliphatic carbocycles. The molecule has 0 spiro atoms. The van der Waals surface area contributed by atoms with Crippen molar-refractivity contribution in [2.45, 2.75) is 45.4 Å². The number of aliphatic carboxylic acids is 1. The van der Waals surface area contributed by atoms with E-state index in [2.05, 4.69) is 10.6 Å². The van der Waals surface area contributed by atoms with E-state index < -0.39 is 29.8 Å². The van der Waals surface area contributed by atoms with Gasteiger partial charge < -0.3 is 25.2 Å². The second-order valence-electron chi connectivity index (χ2n) is 6.31. The SMILES string of the molecule is CC(C)(C)OC(=O)N[C@@H](CCNC(=O)OCc1ccccc1)C(=O)O. The number of carboxylic acid groups (broad SMARTS) is 1. The number of nitrogens with one attached hydrogen (secondary N) is 2. The van der Waals surface area contributed by atoms with Crippen LogP contribution in [-0.4, -0.2) is 41.4 Å². The summed E-state index contributed by atoms with van der Waals surface area (Å²) in [6, 6.07) is 7.97. The number of carbonyl (C=O) groups is 3. The Hall–Kier alpha value is -2.77. The van der Waals surface area contributed by atoms with Gasteiger partial charge in [0.05, 0.1) is 0 Å². The van der Waals surface area contributed by atoms with Gasteiger partial charge in [-0.15, -0.1) is 0 Å². The van der Waals surface area contributed by atoms with Crippen LogP contribution in [-0.2, 0) is 20.9 Å². The molecule has 1 rings (SSSR count). The zero-order valence-electron chi connectivity index (χ0n) is 14.6. The second-order valence-corrected chi connectivity index (χ2v) is 6.31. The maximum absolute atomic E-state index is 11.6. The van der Waals surface area contributed by atoms with E-state index in [-0.39, 0.29) is 19.6 Å². The summed E-state index contributed by atoms with van der Waals surface area (Å²) in [7, 11) is 0. The predicted octanol–water partition coefficient (Wildman–Crippen LogP) is 2.28. The molecular formula is C17H24N2O6. The van der Waals surface area contributed by atoms with Gasteiger partial charge in [0.25, 0.3) is 0 Å². The quantitative estimate of drug-likeness (QED) is 0.694. The van der Waals surface area contributed by atoms with Crippen LogP contribution in [0.2, 0.25) is 0 Å². The molecule has 0 unspecified atom stereocenters. The lowest BCUT2D eigenvalue weighted by Crippen LogP contribution is -2.45. The van der Waals surface area contributed by atoms with E-state index in [4.69, 9.17) is 14.6 Å². The smallest absolute Gasteiger partial charge is 0.408 e. The van der Waals surface area contributed by atoms with Crippen LogP contribution in [0.4, 0.5) is 9.59 Å². The molecule has 1 aromatic carbocycles. The van der Waals surface area contributed by atoms with Crippen LogP contribution >= 0.6 is 0 Å². The largest absolute Gasteiger partial charge is 0.480 e. The number of carboxylic acids is 1. The zero-order valence-corrected chi connectivity index (χ0v) is 14.6. The van der Waals surface area contributed by atoms with Gasteiger partial charge in [0.15, 0.2) is 0 Å². The monoisotopic (exact) mass is 352 g/mol. The van der Waals surface area contributed by atoms with Crippen molar-refractivity contribution in [2.75, 3.05) is 6.54 Å². The summed E-state index contributed by atoms with van der Waals surface area (Å²) in [4.78, 5) is 34.4. The normalized spacial score (nSPS) is 12.0. The molecular weight excluding hydrogens is 328 g/mol. The molecule has 0 aliphatic rings. The molecule has 8 nitrogen and oxygen atoms in total. The van der Waals surface area contributed by atoms with E-state index in [1.165, 1.54) is 0 Å². The molecule has 0 fully saturated rings. The van der Waals surface area contributed by atoms with E-state index >= 15 is 0 Å². The summed E-state index contributed by atoms with van der Waals surface area (Å²) >= 11 is 0. The summed E-state index contributed by atoms with van der Waals surface area (Å²) in [5.41, 5.74) is 0.111. The minimum atomic E-state index is -1.22. The number of alkyl carbamates (subject to hydrolysis) is 2. The number of hydrogen-bond acceptors (Lipinski definition) is 5. The molecule has 0 heterocycles. The fourth-order valence-corrected chi connectivity index (χ4v) is 1.80. The molecule has 0 saturated carbocycles. The van der Waals surface area contributed by atoms with Crippen molar-refractivity contribution >= 4 is 18.2 Å². The van der Waals surface area contributed by atoms with Gasteiger partial charge in [-0.2, -0.15) is 0 Å².